The highest BCUT2D eigenvalue weighted by molar-refractivity contribution is 6.29. The van der Waals surface area contributed by atoms with Gasteiger partial charge in [-0.25, -0.2) is 9.59 Å². The lowest BCUT2D eigenvalue weighted by molar-refractivity contribution is -0.134. The highest BCUT2D eigenvalue weighted by atomic mass is 35.5. The van der Waals surface area contributed by atoms with E-state index in [0.29, 0.717) is 47.7 Å². The molecule has 1 aromatic rings. The lowest BCUT2D eigenvalue weighted by atomic mass is 9.74. The molecule has 3 rings (SSSR count). The molecule has 1 aromatic heterocycles. The third kappa shape index (κ3) is 6.68. The van der Waals surface area contributed by atoms with Crippen LogP contribution in [0.3, 0.4) is 0 Å². The molecule has 0 aliphatic carbocycles. The van der Waals surface area contributed by atoms with Crippen LogP contribution in [0, 0.1) is 17.8 Å². The van der Waals surface area contributed by atoms with Gasteiger partial charge in [-0.2, -0.15) is 4.98 Å². The molecule has 3 heterocycles. The summed E-state index contributed by atoms with van der Waals surface area (Å²) >= 11 is 5.87. The first-order valence-corrected chi connectivity index (χ1v) is 10.0. The van der Waals surface area contributed by atoms with Crippen LogP contribution >= 0.6 is 11.6 Å². The molecule has 0 saturated carbocycles. The van der Waals surface area contributed by atoms with Gasteiger partial charge in [-0.3, -0.25) is 4.98 Å². The smallest absolute Gasteiger partial charge is 0.328 e. The number of hydrogen-bond donors (Lipinski definition) is 2. The molecule has 0 spiro atoms. The van der Waals surface area contributed by atoms with E-state index in [0.717, 1.165) is 12.0 Å². The maximum atomic E-state index is 9.55. The van der Waals surface area contributed by atoms with Crippen molar-refractivity contribution in [3.05, 3.63) is 29.7 Å². The molecule has 8 nitrogen and oxygen atoms in total. The number of aromatic nitrogens is 2. The zero-order valence-corrected chi connectivity index (χ0v) is 17.6. The minimum atomic E-state index is -1.26. The second kappa shape index (κ2) is 10.5. The number of hydrogen-bond acceptors (Lipinski definition) is 6. The first-order valence-electron chi connectivity index (χ1n) is 9.65. The van der Waals surface area contributed by atoms with Gasteiger partial charge in [-0.15, -0.1) is 0 Å². The van der Waals surface area contributed by atoms with Gasteiger partial charge in [0.2, 0.25) is 5.88 Å². The van der Waals surface area contributed by atoms with Gasteiger partial charge >= 0.3 is 11.9 Å². The molecule has 0 radical (unpaired) electrons. The van der Waals surface area contributed by atoms with Crippen LogP contribution in [0.25, 0.3) is 0 Å². The summed E-state index contributed by atoms with van der Waals surface area (Å²) in [5.74, 6) is 0.00815. The van der Waals surface area contributed by atoms with Crippen molar-refractivity contribution < 1.29 is 24.5 Å². The number of carbonyl (C=O) groups is 2. The first kappa shape index (κ1) is 23.1. The summed E-state index contributed by atoms with van der Waals surface area (Å²) in [4.78, 5) is 29.9. The Labute approximate surface area is 175 Å². The van der Waals surface area contributed by atoms with Gasteiger partial charge in [0.25, 0.3) is 0 Å². The summed E-state index contributed by atoms with van der Waals surface area (Å²) in [6, 6.07) is 1.41. The third-order valence-electron chi connectivity index (χ3n) is 5.71. The minimum Gasteiger partial charge on any atom is -0.478 e. The summed E-state index contributed by atoms with van der Waals surface area (Å²) in [6.07, 6.45) is 8.20. The van der Waals surface area contributed by atoms with Crippen LogP contribution in [0.15, 0.2) is 24.5 Å². The molecule has 0 amide bonds. The van der Waals surface area contributed by atoms with Gasteiger partial charge < -0.3 is 19.8 Å². The molecule has 160 valence electrons. The van der Waals surface area contributed by atoms with Crippen molar-refractivity contribution >= 4 is 23.5 Å². The minimum absolute atomic E-state index is 0.384. The second-order valence-electron chi connectivity index (χ2n) is 7.77. The third-order valence-corrected chi connectivity index (χ3v) is 5.90. The summed E-state index contributed by atoms with van der Waals surface area (Å²) in [5.41, 5.74) is 0. The fraction of sp³-hybridized carbons (Fsp3) is 0.600. The Morgan fingerprint density at radius 1 is 1.28 bits per heavy atom. The van der Waals surface area contributed by atoms with Gasteiger partial charge in [0.15, 0.2) is 5.15 Å². The molecule has 4 atom stereocenters. The number of nitrogens with zero attached hydrogens (tertiary/aromatic N) is 3. The Morgan fingerprint density at radius 2 is 1.93 bits per heavy atom. The Hall–Kier alpha value is -2.19. The maximum Gasteiger partial charge on any atom is 0.328 e. The van der Waals surface area contributed by atoms with E-state index >= 15 is 0 Å². The summed E-state index contributed by atoms with van der Waals surface area (Å²) in [6.45, 7) is 5.38. The topological polar surface area (TPSA) is 113 Å². The molecule has 0 aromatic carbocycles. The molecule has 2 saturated heterocycles. The predicted molar refractivity (Wildman–Crippen MR) is 108 cm³/mol. The predicted octanol–water partition coefficient (Wildman–Crippen LogP) is 2.98. The van der Waals surface area contributed by atoms with Gasteiger partial charge in [0.1, 0.15) is 0 Å². The number of aliphatic carboxylic acids is 2. The SMILES string of the molecule is CC(C)[C@@H]1CC2CCC([C@@H]1COc1cncc(Cl)n1)N2C.O=C(O)/C=C/C(=O)O. The van der Waals surface area contributed by atoms with Gasteiger partial charge in [-0.05, 0) is 38.1 Å². The van der Waals surface area contributed by atoms with E-state index in [1.165, 1.54) is 25.5 Å². The quantitative estimate of drug-likeness (QED) is 0.669. The van der Waals surface area contributed by atoms with Gasteiger partial charge in [-0.1, -0.05) is 25.4 Å². The summed E-state index contributed by atoms with van der Waals surface area (Å²) < 4.78 is 5.92. The summed E-state index contributed by atoms with van der Waals surface area (Å²) in [5, 5.41) is 16.0. The Kier molecular flexibility index (Phi) is 8.40. The number of halogens is 1. The number of fused-ring (bicyclic) bond motifs is 2. The normalized spacial score (nSPS) is 26.2. The number of ether oxygens (including phenoxy) is 1. The molecular weight excluding hydrogens is 398 g/mol. The van der Waals surface area contributed by atoms with E-state index in [1.54, 1.807) is 6.20 Å². The highest BCUT2D eigenvalue weighted by Gasteiger charge is 2.46. The monoisotopic (exact) mass is 425 g/mol. The van der Waals surface area contributed by atoms with Crippen LogP contribution < -0.4 is 4.74 Å². The highest BCUT2D eigenvalue weighted by Crippen LogP contribution is 2.44. The van der Waals surface area contributed by atoms with Crippen LogP contribution in [0.2, 0.25) is 5.15 Å². The van der Waals surface area contributed by atoms with E-state index in [9.17, 15) is 9.59 Å². The maximum absolute atomic E-state index is 9.55. The van der Waals surface area contributed by atoms with Crippen LogP contribution in [-0.4, -0.2) is 62.8 Å². The number of rotatable bonds is 6. The average molecular weight is 426 g/mol. The standard InChI is InChI=1S/C16H24ClN3O.C4H4O4/c1-10(2)12-6-11-4-5-14(20(11)3)13(12)9-21-16-8-18-7-15(17)19-16;5-3(6)1-2-4(7)8/h7-8,10-14H,4-6,9H2,1-3H3;1-2H,(H,5,6)(H,7,8)/b;2-1+/t11?,12-,13+,14?;/m0./s1. The molecule has 2 aliphatic heterocycles. The second-order valence-corrected chi connectivity index (χ2v) is 8.16. The van der Waals surface area contributed by atoms with Crippen molar-refractivity contribution in [3.8, 4) is 5.88 Å². The molecular formula is C20H28ClN3O5. The Morgan fingerprint density at radius 3 is 2.48 bits per heavy atom. The summed E-state index contributed by atoms with van der Waals surface area (Å²) in [7, 11) is 2.27. The molecule has 9 heteroatoms. The zero-order chi connectivity index (χ0) is 21.6. The average Bonchev–Trinajstić information content (AvgIpc) is 2.88. The molecule has 29 heavy (non-hydrogen) atoms. The van der Waals surface area contributed by atoms with Gasteiger partial charge in [0, 0.05) is 30.2 Å². The van der Waals surface area contributed by atoms with Crippen LogP contribution in [0.4, 0.5) is 0 Å². The van der Waals surface area contributed by atoms with E-state index in [2.05, 4.69) is 35.8 Å². The fourth-order valence-corrected chi connectivity index (χ4v) is 4.48. The lowest BCUT2D eigenvalue weighted by Crippen LogP contribution is -2.50. The molecule has 2 fully saturated rings. The van der Waals surface area contributed by atoms with Crippen molar-refractivity contribution in [2.75, 3.05) is 13.7 Å². The van der Waals surface area contributed by atoms with Crippen LogP contribution in [0.1, 0.15) is 33.1 Å². The largest absolute Gasteiger partial charge is 0.478 e. The van der Waals surface area contributed by atoms with E-state index in [4.69, 9.17) is 26.6 Å². The van der Waals surface area contributed by atoms with Crippen LogP contribution in [0.5, 0.6) is 5.88 Å². The van der Waals surface area contributed by atoms with E-state index in [1.807, 2.05) is 0 Å². The number of carboxylic acid groups (broad SMARTS) is 2. The molecule has 2 bridgehead atoms. The number of carboxylic acids is 2. The van der Waals surface area contributed by atoms with Crippen molar-refractivity contribution in [2.24, 2.45) is 17.8 Å². The first-order chi connectivity index (χ1) is 13.7. The Balaban J connectivity index is 0.000000321. The molecule has 2 aliphatic rings. The van der Waals surface area contributed by atoms with Crippen molar-refractivity contribution in [1.82, 2.24) is 14.9 Å². The number of piperidine rings is 1. The molecule has 2 N–H and O–H groups in total. The van der Waals surface area contributed by atoms with Crippen molar-refractivity contribution in [1.29, 1.82) is 0 Å². The fourth-order valence-electron chi connectivity index (χ4n) is 4.34. The van der Waals surface area contributed by atoms with E-state index in [-0.39, 0.29) is 0 Å². The lowest BCUT2D eigenvalue weighted by Gasteiger charge is -2.44. The van der Waals surface area contributed by atoms with Crippen molar-refractivity contribution in [3.63, 3.8) is 0 Å². The van der Waals surface area contributed by atoms with Crippen LogP contribution in [-0.2, 0) is 9.59 Å². The van der Waals surface area contributed by atoms with Crippen molar-refractivity contribution in [2.45, 2.75) is 45.2 Å². The molecule has 2 unspecified atom stereocenters. The Bertz CT molecular complexity index is 727. The van der Waals surface area contributed by atoms with Gasteiger partial charge in [0.05, 0.1) is 19.0 Å². The van der Waals surface area contributed by atoms with E-state index < -0.39 is 11.9 Å². The zero-order valence-electron chi connectivity index (χ0n) is 16.9.